The Morgan fingerprint density at radius 1 is 1.42 bits per heavy atom. The molecule has 70 valence electrons. The lowest BCUT2D eigenvalue weighted by molar-refractivity contribution is -0.139. The van der Waals surface area contributed by atoms with Crippen molar-refractivity contribution in [2.75, 3.05) is 0 Å². The highest BCUT2D eigenvalue weighted by Gasteiger charge is 2.30. The van der Waals surface area contributed by atoms with Crippen molar-refractivity contribution < 1.29 is 9.90 Å². The lowest BCUT2D eigenvalue weighted by Gasteiger charge is -2.35. The van der Waals surface area contributed by atoms with Crippen LogP contribution in [0, 0.1) is 17.8 Å². The van der Waals surface area contributed by atoms with Gasteiger partial charge >= 0.3 is 5.97 Å². The maximum atomic E-state index is 10.3. The van der Waals surface area contributed by atoms with Gasteiger partial charge in [0.15, 0.2) is 0 Å². The number of rotatable bonds is 4. The van der Waals surface area contributed by atoms with Crippen molar-refractivity contribution in [3.8, 4) is 0 Å². The van der Waals surface area contributed by atoms with Gasteiger partial charge in [-0.1, -0.05) is 13.8 Å². The Morgan fingerprint density at radius 3 is 2.42 bits per heavy atom. The fourth-order valence-corrected chi connectivity index (χ4v) is 2.15. The summed E-state index contributed by atoms with van der Waals surface area (Å²) < 4.78 is 0. The Morgan fingerprint density at radius 2 is 2.00 bits per heavy atom. The van der Waals surface area contributed by atoms with Gasteiger partial charge in [0.05, 0.1) is 0 Å². The van der Waals surface area contributed by atoms with E-state index in [0.717, 1.165) is 24.7 Å². The zero-order chi connectivity index (χ0) is 9.14. The molecule has 1 saturated carbocycles. The number of carbonyl (C=O) groups is 1. The van der Waals surface area contributed by atoms with Crippen molar-refractivity contribution in [1.29, 1.82) is 0 Å². The van der Waals surface area contributed by atoms with Gasteiger partial charge in [-0.05, 0) is 37.0 Å². The smallest absolute Gasteiger partial charge is 0.303 e. The molecule has 12 heavy (non-hydrogen) atoms. The molecular weight excluding hydrogens is 152 g/mol. The average molecular weight is 170 g/mol. The average Bonchev–Trinajstić information content (AvgIpc) is 1.80. The van der Waals surface area contributed by atoms with E-state index in [1.165, 1.54) is 6.42 Å². The Bertz CT molecular complexity index is 157. The van der Waals surface area contributed by atoms with Gasteiger partial charge < -0.3 is 5.11 Å². The summed E-state index contributed by atoms with van der Waals surface area (Å²) in [5, 5.41) is 8.52. The van der Waals surface area contributed by atoms with Gasteiger partial charge in [0, 0.05) is 6.42 Å². The zero-order valence-corrected chi connectivity index (χ0v) is 7.92. The van der Waals surface area contributed by atoms with Crippen LogP contribution in [0.15, 0.2) is 0 Å². The van der Waals surface area contributed by atoms with Gasteiger partial charge in [-0.2, -0.15) is 0 Å². The highest BCUT2D eigenvalue weighted by Crippen LogP contribution is 2.39. The molecule has 0 radical (unpaired) electrons. The summed E-state index contributed by atoms with van der Waals surface area (Å²) in [5.41, 5.74) is 0. The van der Waals surface area contributed by atoms with Crippen molar-refractivity contribution in [3.63, 3.8) is 0 Å². The molecule has 0 aromatic carbocycles. The summed E-state index contributed by atoms with van der Waals surface area (Å²) in [5.74, 6) is 1.42. The molecular formula is C10H18O2. The molecule has 0 atom stereocenters. The van der Waals surface area contributed by atoms with Crippen LogP contribution in [0.4, 0.5) is 0 Å². The van der Waals surface area contributed by atoms with E-state index in [1.807, 2.05) is 0 Å². The van der Waals surface area contributed by atoms with Crippen LogP contribution >= 0.6 is 0 Å². The third-order valence-corrected chi connectivity index (χ3v) is 2.60. The van der Waals surface area contributed by atoms with Crippen molar-refractivity contribution in [2.24, 2.45) is 17.8 Å². The maximum absolute atomic E-state index is 10.3. The van der Waals surface area contributed by atoms with Crippen molar-refractivity contribution >= 4 is 5.97 Å². The van der Waals surface area contributed by atoms with Crippen LogP contribution < -0.4 is 0 Å². The van der Waals surface area contributed by atoms with E-state index < -0.39 is 5.97 Å². The predicted molar refractivity (Wildman–Crippen MR) is 47.9 cm³/mol. The quantitative estimate of drug-likeness (QED) is 0.704. The fraction of sp³-hybridized carbons (Fsp3) is 0.900. The second-order valence-electron chi connectivity index (χ2n) is 4.43. The number of carboxylic acids is 1. The molecule has 0 aromatic rings. The molecule has 0 heterocycles. The summed E-state index contributed by atoms with van der Waals surface area (Å²) in [6.07, 6.45) is 3.94. The summed E-state index contributed by atoms with van der Waals surface area (Å²) in [6, 6.07) is 0. The molecule has 0 unspecified atom stereocenters. The van der Waals surface area contributed by atoms with E-state index in [-0.39, 0.29) is 0 Å². The molecule has 1 rings (SSSR count). The zero-order valence-electron chi connectivity index (χ0n) is 7.92. The summed E-state index contributed by atoms with van der Waals surface area (Å²) in [7, 11) is 0. The summed E-state index contributed by atoms with van der Waals surface area (Å²) >= 11 is 0. The largest absolute Gasteiger partial charge is 0.481 e. The van der Waals surface area contributed by atoms with Gasteiger partial charge in [-0.3, -0.25) is 4.79 Å². The second kappa shape index (κ2) is 3.92. The summed E-state index contributed by atoms with van der Waals surface area (Å²) in [6.45, 7) is 4.45. The van der Waals surface area contributed by atoms with E-state index >= 15 is 0 Å². The molecule has 1 aliphatic carbocycles. The van der Waals surface area contributed by atoms with Gasteiger partial charge in [0.1, 0.15) is 0 Å². The molecule has 1 fully saturated rings. The van der Waals surface area contributed by atoms with Gasteiger partial charge in [0.2, 0.25) is 0 Å². The molecule has 0 aliphatic heterocycles. The Labute approximate surface area is 74.0 Å². The molecule has 0 aromatic heterocycles. The lowest BCUT2D eigenvalue weighted by atomic mass is 9.70. The Kier molecular flexibility index (Phi) is 3.12. The topological polar surface area (TPSA) is 37.3 Å². The molecule has 2 nitrogen and oxygen atoms in total. The second-order valence-corrected chi connectivity index (χ2v) is 4.43. The first-order valence-corrected chi connectivity index (χ1v) is 4.79. The van der Waals surface area contributed by atoms with Crippen LogP contribution in [-0.4, -0.2) is 11.1 Å². The number of aliphatic carboxylic acids is 1. The van der Waals surface area contributed by atoms with Crippen molar-refractivity contribution in [2.45, 2.75) is 39.5 Å². The number of hydrogen-bond acceptors (Lipinski definition) is 1. The third-order valence-electron chi connectivity index (χ3n) is 2.60. The first-order chi connectivity index (χ1) is 5.58. The third kappa shape index (κ3) is 2.84. The molecule has 1 aliphatic rings. The van der Waals surface area contributed by atoms with Gasteiger partial charge in [0.25, 0.3) is 0 Å². The first kappa shape index (κ1) is 9.56. The SMILES string of the molecule is CC(C)CC1CC(CC(=O)O)C1. The monoisotopic (exact) mass is 170 g/mol. The standard InChI is InChI=1S/C10H18O2/c1-7(2)3-8-4-9(5-8)6-10(11)12/h7-9H,3-6H2,1-2H3,(H,11,12). The molecule has 1 N–H and O–H groups in total. The molecule has 0 bridgehead atoms. The van der Waals surface area contributed by atoms with Crippen molar-refractivity contribution in [3.05, 3.63) is 0 Å². The van der Waals surface area contributed by atoms with Crippen LogP contribution in [0.1, 0.15) is 39.5 Å². The fourth-order valence-electron chi connectivity index (χ4n) is 2.15. The van der Waals surface area contributed by atoms with Crippen LogP contribution in [0.5, 0.6) is 0 Å². The number of carboxylic acid groups (broad SMARTS) is 1. The Hall–Kier alpha value is -0.530. The van der Waals surface area contributed by atoms with Crippen LogP contribution in [0.2, 0.25) is 0 Å². The van der Waals surface area contributed by atoms with Crippen LogP contribution in [0.3, 0.4) is 0 Å². The van der Waals surface area contributed by atoms with Crippen LogP contribution in [0.25, 0.3) is 0 Å². The van der Waals surface area contributed by atoms with Crippen LogP contribution in [-0.2, 0) is 4.79 Å². The molecule has 2 heteroatoms. The highest BCUT2D eigenvalue weighted by molar-refractivity contribution is 5.67. The normalized spacial score (nSPS) is 28.6. The first-order valence-electron chi connectivity index (χ1n) is 4.79. The number of hydrogen-bond donors (Lipinski definition) is 1. The van der Waals surface area contributed by atoms with Gasteiger partial charge in [-0.25, -0.2) is 0 Å². The molecule has 0 spiro atoms. The van der Waals surface area contributed by atoms with E-state index in [0.29, 0.717) is 12.3 Å². The summed E-state index contributed by atoms with van der Waals surface area (Å²) in [4.78, 5) is 10.3. The van der Waals surface area contributed by atoms with Crippen molar-refractivity contribution in [1.82, 2.24) is 0 Å². The van der Waals surface area contributed by atoms with Gasteiger partial charge in [-0.15, -0.1) is 0 Å². The minimum atomic E-state index is -0.636. The maximum Gasteiger partial charge on any atom is 0.303 e. The van der Waals surface area contributed by atoms with E-state index in [4.69, 9.17) is 5.11 Å². The van der Waals surface area contributed by atoms with E-state index in [1.54, 1.807) is 0 Å². The minimum Gasteiger partial charge on any atom is -0.481 e. The highest BCUT2D eigenvalue weighted by atomic mass is 16.4. The predicted octanol–water partition coefficient (Wildman–Crippen LogP) is 2.53. The Balaban J connectivity index is 2.08. The van der Waals surface area contributed by atoms with E-state index in [9.17, 15) is 4.79 Å². The molecule has 0 amide bonds. The molecule has 0 saturated heterocycles. The minimum absolute atomic E-state index is 0.384. The lowest BCUT2D eigenvalue weighted by Crippen LogP contribution is -2.26. The van der Waals surface area contributed by atoms with E-state index in [2.05, 4.69) is 13.8 Å².